The van der Waals surface area contributed by atoms with Gasteiger partial charge in [0.25, 0.3) is 0 Å². The average molecular weight is 353 g/mol. The zero-order valence-electron chi connectivity index (χ0n) is 16.6. The Labute approximate surface area is 155 Å². The van der Waals surface area contributed by atoms with Crippen LogP contribution in [-0.2, 0) is 9.47 Å². The molecule has 0 aromatic rings. The van der Waals surface area contributed by atoms with Crippen LogP contribution in [0.4, 0.5) is 4.79 Å². The van der Waals surface area contributed by atoms with Crippen LogP contribution in [0.25, 0.3) is 0 Å². The van der Waals surface area contributed by atoms with Gasteiger partial charge in [-0.25, -0.2) is 4.79 Å². The minimum absolute atomic E-state index is 0.0915. The van der Waals surface area contributed by atoms with E-state index < -0.39 is 6.16 Å². The number of unbranched alkanes of at least 4 members (excludes halogenated alkanes) is 2. The number of hydrogen-bond donors (Lipinski definition) is 0. The van der Waals surface area contributed by atoms with Crippen LogP contribution in [0.1, 0.15) is 104 Å². The molecule has 2 saturated carbocycles. The Balaban J connectivity index is 1.53. The molecular formula is C22H40O3. The second-order valence-corrected chi connectivity index (χ2v) is 8.40. The van der Waals surface area contributed by atoms with Crippen LogP contribution in [0.3, 0.4) is 0 Å². The van der Waals surface area contributed by atoms with Crippen molar-refractivity contribution in [1.82, 2.24) is 0 Å². The second kappa shape index (κ2) is 11.8. The van der Waals surface area contributed by atoms with E-state index in [0.717, 1.165) is 30.6 Å². The van der Waals surface area contributed by atoms with Crippen molar-refractivity contribution in [3.63, 3.8) is 0 Å². The summed E-state index contributed by atoms with van der Waals surface area (Å²) < 4.78 is 10.2. The minimum Gasteiger partial charge on any atom is -0.435 e. The Bertz CT molecular complexity index is 352. The maximum absolute atomic E-state index is 11.4. The first-order valence-corrected chi connectivity index (χ1v) is 11.0. The maximum Gasteiger partial charge on any atom is 0.508 e. The summed E-state index contributed by atoms with van der Waals surface area (Å²) >= 11 is 0. The lowest BCUT2D eigenvalue weighted by Crippen LogP contribution is -2.25. The fraction of sp³-hybridized carbons (Fsp3) is 0.955. The van der Waals surface area contributed by atoms with Crippen molar-refractivity contribution < 1.29 is 14.3 Å². The van der Waals surface area contributed by atoms with Crippen LogP contribution in [-0.4, -0.2) is 18.9 Å². The lowest BCUT2D eigenvalue weighted by atomic mass is 9.76. The molecular weight excluding hydrogens is 312 g/mol. The Morgan fingerprint density at radius 1 is 0.760 bits per heavy atom. The Morgan fingerprint density at radius 3 is 1.80 bits per heavy atom. The standard InChI is InChI=1S/C22H40O3/c1-3-5-6-7-18-8-10-19(11-9-18)12-13-20-14-16-21(17-15-20)25-22(23)24-4-2/h18-21H,3-17H2,1-2H3. The molecule has 3 heteroatoms. The topological polar surface area (TPSA) is 35.5 Å². The van der Waals surface area contributed by atoms with Gasteiger partial charge >= 0.3 is 6.16 Å². The van der Waals surface area contributed by atoms with Crippen molar-refractivity contribution in [3.8, 4) is 0 Å². The van der Waals surface area contributed by atoms with Crippen LogP contribution in [0, 0.1) is 17.8 Å². The predicted octanol–water partition coefficient (Wildman–Crippen LogP) is 6.89. The zero-order valence-corrected chi connectivity index (χ0v) is 16.6. The lowest BCUT2D eigenvalue weighted by Gasteiger charge is -2.31. The first kappa shape index (κ1) is 20.6. The molecule has 0 N–H and O–H groups in total. The van der Waals surface area contributed by atoms with Gasteiger partial charge in [0.15, 0.2) is 0 Å². The van der Waals surface area contributed by atoms with Crippen molar-refractivity contribution in [2.45, 2.75) is 110 Å². The maximum atomic E-state index is 11.4. The van der Waals surface area contributed by atoms with E-state index in [0.29, 0.717) is 6.61 Å². The van der Waals surface area contributed by atoms with E-state index in [2.05, 4.69) is 6.92 Å². The lowest BCUT2D eigenvalue weighted by molar-refractivity contribution is 0.00713. The molecule has 0 atom stereocenters. The quantitative estimate of drug-likeness (QED) is 0.335. The van der Waals surface area contributed by atoms with Crippen molar-refractivity contribution in [1.29, 1.82) is 0 Å². The molecule has 2 fully saturated rings. The van der Waals surface area contributed by atoms with Crippen LogP contribution >= 0.6 is 0 Å². The molecule has 2 aliphatic rings. The highest BCUT2D eigenvalue weighted by molar-refractivity contribution is 5.60. The van der Waals surface area contributed by atoms with Gasteiger partial charge in [0.05, 0.1) is 6.61 Å². The van der Waals surface area contributed by atoms with E-state index in [-0.39, 0.29) is 6.10 Å². The van der Waals surface area contributed by atoms with Crippen LogP contribution < -0.4 is 0 Å². The Hall–Kier alpha value is -0.730. The highest BCUT2D eigenvalue weighted by atomic mass is 16.7. The van der Waals surface area contributed by atoms with Crippen LogP contribution in [0.5, 0.6) is 0 Å². The molecule has 0 radical (unpaired) electrons. The minimum atomic E-state index is -0.485. The number of rotatable bonds is 9. The SMILES string of the molecule is CCCCCC1CCC(CCC2CCC(OC(=O)OCC)CC2)CC1. The molecule has 0 saturated heterocycles. The molecule has 0 aromatic carbocycles. The van der Waals surface area contributed by atoms with E-state index in [1.54, 1.807) is 0 Å². The highest BCUT2D eigenvalue weighted by Crippen LogP contribution is 2.37. The van der Waals surface area contributed by atoms with Crippen molar-refractivity contribution in [3.05, 3.63) is 0 Å². The third-order valence-corrected chi connectivity index (χ3v) is 6.48. The predicted molar refractivity (Wildman–Crippen MR) is 103 cm³/mol. The van der Waals surface area contributed by atoms with E-state index in [1.165, 1.54) is 77.0 Å². The van der Waals surface area contributed by atoms with E-state index >= 15 is 0 Å². The average Bonchev–Trinajstić information content (AvgIpc) is 2.63. The molecule has 0 unspecified atom stereocenters. The van der Waals surface area contributed by atoms with E-state index in [1.807, 2.05) is 6.92 Å². The van der Waals surface area contributed by atoms with Gasteiger partial charge < -0.3 is 9.47 Å². The van der Waals surface area contributed by atoms with E-state index in [9.17, 15) is 4.79 Å². The Morgan fingerprint density at radius 2 is 1.28 bits per heavy atom. The fourth-order valence-electron chi connectivity index (χ4n) is 4.79. The van der Waals surface area contributed by atoms with Crippen LogP contribution in [0.2, 0.25) is 0 Å². The van der Waals surface area contributed by atoms with Gasteiger partial charge in [-0.2, -0.15) is 0 Å². The molecule has 0 aliphatic heterocycles. The third kappa shape index (κ3) is 8.00. The van der Waals surface area contributed by atoms with Gasteiger partial charge in [-0.1, -0.05) is 71.1 Å². The van der Waals surface area contributed by atoms with Gasteiger partial charge in [-0.3, -0.25) is 0 Å². The van der Waals surface area contributed by atoms with Crippen molar-refractivity contribution in [2.75, 3.05) is 6.61 Å². The van der Waals surface area contributed by atoms with Crippen molar-refractivity contribution in [2.24, 2.45) is 17.8 Å². The first-order valence-electron chi connectivity index (χ1n) is 11.0. The summed E-state index contributed by atoms with van der Waals surface area (Å²) in [6.45, 7) is 4.51. The first-order chi connectivity index (χ1) is 12.2. The monoisotopic (exact) mass is 352 g/mol. The van der Waals surface area contributed by atoms with Gasteiger partial charge in [0.2, 0.25) is 0 Å². The molecule has 25 heavy (non-hydrogen) atoms. The molecule has 146 valence electrons. The molecule has 0 amide bonds. The summed E-state index contributed by atoms with van der Waals surface area (Å²) in [6.07, 6.45) is 18.5. The smallest absolute Gasteiger partial charge is 0.435 e. The normalized spacial score (nSPS) is 30.0. The highest BCUT2D eigenvalue weighted by Gasteiger charge is 2.26. The molecule has 2 aliphatic carbocycles. The Kier molecular flexibility index (Phi) is 9.72. The molecule has 0 bridgehead atoms. The molecule has 2 rings (SSSR count). The van der Waals surface area contributed by atoms with Gasteiger partial charge in [0, 0.05) is 0 Å². The second-order valence-electron chi connectivity index (χ2n) is 8.40. The van der Waals surface area contributed by atoms with Crippen molar-refractivity contribution >= 4 is 6.16 Å². The number of hydrogen-bond acceptors (Lipinski definition) is 3. The molecule has 0 spiro atoms. The molecule has 0 heterocycles. The van der Waals surface area contributed by atoms with Gasteiger partial charge in [0.1, 0.15) is 6.10 Å². The van der Waals surface area contributed by atoms with Gasteiger partial charge in [-0.15, -0.1) is 0 Å². The zero-order chi connectivity index (χ0) is 17.9. The molecule has 3 nitrogen and oxygen atoms in total. The summed E-state index contributed by atoms with van der Waals surface area (Å²) in [7, 11) is 0. The van der Waals surface area contributed by atoms with Crippen LogP contribution in [0.15, 0.2) is 0 Å². The molecule has 0 aromatic heterocycles. The summed E-state index contributed by atoms with van der Waals surface area (Å²) in [6, 6.07) is 0. The van der Waals surface area contributed by atoms with Gasteiger partial charge in [-0.05, 0) is 50.4 Å². The fourth-order valence-corrected chi connectivity index (χ4v) is 4.79. The number of ether oxygens (including phenoxy) is 2. The summed E-state index contributed by atoms with van der Waals surface area (Å²) in [5.41, 5.74) is 0. The number of carbonyl (C=O) groups is 1. The largest absolute Gasteiger partial charge is 0.508 e. The van der Waals surface area contributed by atoms with E-state index in [4.69, 9.17) is 9.47 Å². The number of carbonyl (C=O) groups excluding carboxylic acids is 1. The summed E-state index contributed by atoms with van der Waals surface area (Å²) in [5.74, 6) is 2.86. The summed E-state index contributed by atoms with van der Waals surface area (Å²) in [5, 5.41) is 0. The third-order valence-electron chi connectivity index (χ3n) is 6.48. The summed E-state index contributed by atoms with van der Waals surface area (Å²) in [4.78, 5) is 11.4.